The van der Waals surface area contributed by atoms with Crippen molar-refractivity contribution < 1.29 is 8.42 Å². The Balaban J connectivity index is 2.10. The molecule has 2 heterocycles. The first-order valence-corrected chi connectivity index (χ1v) is 13.1. The third-order valence-electron chi connectivity index (χ3n) is 4.68. The summed E-state index contributed by atoms with van der Waals surface area (Å²) in [6.45, 7) is 6.07. The van der Waals surface area contributed by atoms with Gasteiger partial charge in [0, 0.05) is 22.3 Å². The Hall–Kier alpha value is -2.26. The van der Waals surface area contributed by atoms with Crippen LogP contribution in [0.5, 0.6) is 0 Å². The molecule has 0 saturated heterocycles. The van der Waals surface area contributed by atoms with E-state index in [1.54, 1.807) is 47.1 Å². The van der Waals surface area contributed by atoms with Crippen molar-refractivity contribution >= 4 is 44.4 Å². The summed E-state index contributed by atoms with van der Waals surface area (Å²) in [7, 11) is -3.72. The van der Waals surface area contributed by atoms with Gasteiger partial charge in [0.05, 0.1) is 16.4 Å². The molecule has 2 aromatic heterocycles. The molecule has 32 heavy (non-hydrogen) atoms. The fraction of sp³-hybridized carbons (Fsp3) is 0.227. The Kier molecular flexibility index (Phi) is 5.92. The number of benzene rings is 2. The first kappa shape index (κ1) is 22.9. The van der Waals surface area contributed by atoms with Crippen LogP contribution in [-0.4, -0.2) is 34.7 Å². The zero-order chi connectivity index (χ0) is 23.3. The highest BCUT2D eigenvalue weighted by Crippen LogP contribution is 2.40. The van der Waals surface area contributed by atoms with Gasteiger partial charge in [0.1, 0.15) is 15.6 Å². The molecule has 0 N–H and O–H groups in total. The van der Waals surface area contributed by atoms with Gasteiger partial charge in [0.2, 0.25) is 0 Å². The van der Waals surface area contributed by atoms with Gasteiger partial charge in [-0.2, -0.15) is 5.10 Å². The molecule has 6 nitrogen and oxygen atoms in total. The molecule has 0 unspecified atom stereocenters. The Labute approximate surface area is 200 Å². The van der Waals surface area contributed by atoms with Crippen LogP contribution in [0.15, 0.2) is 53.4 Å². The van der Waals surface area contributed by atoms with Gasteiger partial charge in [-0.05, 0) is 24.3 Å². The van der Waals surface area contributed by atoms with Crippen LogP contribution in [0.3, 0.4) is 0 Å². The van der Waals surface area contributed by atoms with Crippen molar-refractivity contribution in [1.29, 1.82) is 0 Å². The molecule has 0 amide bonds. The molecule has 0 aliphatic heterocycles. The average molecular weight is 507 g/mol. The second-order valence-corrected chi connectivity index (χ2v) is 12.1. The number of sulfone groups is 1. The van der Waals surface area contributed by atoms with Gasteiger partial charge in [0.15, 0.2) is 14.8 Å². The Morgan fingerprint density at radius 3 is 2.19 bits per heavy atom. The Morgan fingerprint density at radius 2 is 1.62 bits per heavy atom. The quantitative estimate of drug-likeness (QED) is 0.335. The lowest BCUT2D eigenvalue weighted by Crippen LogP contribution is -2.10. The summed E-state index contributed by atoms with van der Waals surface area (Å²) in [6.07, 6.45) is 1.16. The highest BCUT2D eigenvalue weighted by Gasteiger charge is 2.31. The average Bonchev–Trinajstić information content (AvgIpc) is 3.33. The van der Waals surface area contributed by atoms with E-state index < -0.39 is 9.84 Å². The van der Waals surface area contributed by atoms with E-state index in [0.29, 0.717) is 32.0 Å². The molecule has 4 aromatic rings. The molecule has 2 aromatic carbocycles. The van der Waals surface area contributed by atoms with Crippen molar-refractivity contribution in [1.82, 2.24) is 20.0 Å². The zero-order valence-electron chi connectivity index (χ0n) is 17.8. The van der Waals surface area contributed by atoms with Crippen LogP contribution in [-0.2, 0) is 15.3 Å². The van der Waals surface area contributed by atoms with Crippen LogP contribution in [0.1, 0.15) is 25.8 Å². The van der Waals surface area contributed by atoms with Crippen LogP contribution >= 0.6 is 34.5 Å². The first-order chi connectivity index (χ1) is 15.0. The van der Waals surface area contributed by atoms with Gasteiger partial charge in [-0.25, -0.2) is 13.1 Å². The van der Waals surface area contributed by atoms with Crippen LogP contribution in [0.2, 0.25) is 10.0 Å². The summed E-state index contributed by atoms with van der Waals surface area (Å²) >= 11 is 13.9. The van der Waals surface area contributed by atoms with Crippen molar-refractivity contribution in [3.63, 3.8) is 0 Å². The van der Waals surface area contributed by atoms with Crippen LogP contribution in [0.4, 0.5) is 0 Å². The minimum atomic E-state index is -3.72. The normalized spacial score (nSPS) is 12.3. The van der Waals surface area contributed by atoms with Crippen LogP contribution in [0.25, 0.3) is 27.6 Å². The molecule has 0 fully saturated rings. The molecular formula is C22H20Cl2N4O2S2. The van der Waals surface area contributed by atoms with Gasteiger partial charge < -0.3 is 0 Å². The summed E-state index contributed by atoms with van der Waals surface area (Å²) in [5, 5.41) is 15.4. The van der Waals surface area contributed by atoms with E-state index in [1.165, 1.54) is 11.3 Å². The number of nitrogens with zero attached hydrogens (tertiary/aromatic N) is 4. The lowest BCUT2D eigenvalue weighted by atomic mass is 9.98. The van der Waals surface area contributed by atoms with E-state index in [2.05, 4.69) is 10.2 Å². The summed E-state index contributed by atoms with van der Waals surface area (Å²) < 4.78 is 27.7. The molecule has 0 bridgehead atoms. The highest BCUT2D eigenvalue weighted by molar-refractivity contribution is 7.91. The van der Waals surface area contributed by atoms with Gasteiger partial charge in [-0.15, -0.1) is 10.2 Å². The van der Waals surface area contributed by atoms with E-state index in [9.17, 15) is 8.42 Å². The number of para-hydroxylation sites is 1. The minimum absolute atomic E-state index is 0.0661. The zero-order valence-corrected chi connectivity index (χ0v) is 20.9. The van der Waals surface area contributed by atoms with E-state index in [4.69, 9.17) is 28.3 Å². The number of rotatable bonds is 4. The van der Waals surface area contributed by atoms with Gasteiger partial charge >= 0.3 is 0 Å². The van der Waals surface area contributed by atoms with E-state index in [1.807, 2.05) is 26.8 Å². The minimum Gasteiger partial charge on any atom is -0.229 e. The number of hydrogen-bond acceptors (Lipinski definition) is 6. The standard InChI is InChI=1S/C22H20Cl2N4O2S2/c1-22(2,3)21-26-25-20(31-21)17-19(32(4,29)30)18(13-9-11-14(23)12-10-13)28(27-17)16-8-6-5-7-15(16)24/h5-12H,1-4H3. The van der Waals surface area contributed by atoms with E-state index >= 15 is 0 Å². The summed E-state index contributed by atoms with van der Waals surface area (Å²) in [5.41, 5.74) is 1.58. The number of halogens is 2. The predicted octanol–water partition coefficient (Wildman–Crippen LogP) is 6.07. The van der Waals surface area contributed by atoms with Crippen molar-refractivity contribution in [3.05, 3.63) is 63.6 Å². The molecule has 0 saturated carbocycles. The number of hydrogen-bond donors (Lipinski definition) is 0. The van der Waals surface area contributed by atoms with Gasteiger partial charge in [0.25, 0.3) is 0 Å². The monoisotopic (exact) mass is 506 g/mol. The molecular weight excluding hydrogens is 487 g/mol. The smallest absolute Gasteiger partial charge is 0.180 e. The second-order valence-electron chi connectivity index (χ2n) is 8.33. The summed E-state index contributed by atoms with van der Waals surface area (Å²) in [5.74, 6) is 0. The third kappa shape index (κ3) is 4.32. The summed E-state index contributed by atoms with van der Waals surface area (Å²) in [6, 6.07) is 14.0. The molecule has 0 aliphatic carbocycles. The van der Waals surface area contributed by atoms with Crippen LogP contribution < -0.4 is 0 Å². The summed E-state index contributed by atoms with van der Waals surface area (Å²) in [4.78, 5) is 0.0661. The van der Waals surface area contributed by atoms with Crippen molar-refractivity contribution in [2.24, 2.45) is 0 Å². The van der Waals surface area contributed by atoms with Crippen molar-refractivity contribution in [2.75, 3.05) is 6.26 Å². The fourth-order valence-electron chi connectivity index (χ4n) is 3.18. The highest BCUT2D eigenvalue weighted by atomic mass is 35.5. The predicted molar refractivity (Wildman–Crippen MR) is 130 cm³/mol. The second kappa shape index (κ2) is 8.26. The van der Waals surface area contributed by atoms with Crippen molar-refractivity contribution in [3.8, 4) is 27.6 Å². The molecule has 0 spiro atoms. The van der Waals surface area contributed by atoms with Gasteiger partial charge in [-0.1, -0.05) is 79.6 Å². The maximum atomic E-state index is 13.1. The molecule has 0 radical (unpaired) electrons. The number of aromatic nitrogens is 4. The van der Waals surface area contributed by atoms with E-state index in [0.717, 1.165) is 11.3 Å². The molecule has 4 rings (SSSR count). The maximum Gasteiger partial charge on any atom is 0.180 e. The molecule has 0 atom stereocenters. The largest absolute Gasteiger partial charge is 0.229 e. The van der Waals surface area contributed by atoms with Crippen LogP contribution in [0, 0.1) is 0 Å². The SMILES string of the molecule is CC(C)(C)c1nnc(-c2nn(-c3ccccc3Cl)c(-c3ccc(Cl)cc3)c2S(C)(=O)=O)s1. The fourth-order valence-corrected chi connectivity index (χ4v) is 5.52. The van der Waals surface area contributed by atoms with E-state index in [-0.39, 0.29) is 16.0 Å². The Bertz CT molecular complexity index is 1400. The topological polar surface area (TPSA) is 77.7 Å². The van der Waals surface area contributed by atoms with Gasteiger partial charge in [-0.3, -0.25) is 0 Å². The molecule has 10 heteroatoms. The molecule has 166 valence electrons. The lowest BCUT2D eigenvalue weighted by molar-refractivity contribution is 0.578. The van der Waals surface area contributed by atoms with Crippen molar-refractivity contribution in [2.45, 2.75) is 31.1 Å². The lowest BCUT2D eigenvalue weighted by Gasteiger charge is -2.12. The maximum absolute atomic E-state index is 13.1. The molecule has 0 aliphatic rings. The third-order valence-corrected chi connectivity index (χ3v) is 7.74. The Morgan fingerprint density at radius 1 is 0.969 bits per heavy atom. The first-order valence-electron chi connectivity index (χ1n) is 9.65.